The second kappa shape index (κ2) is 4.81. The quantitative estimate of drug-likeness (QED) is 0.806. The lowest BCUT2D eigenvalue weighted by Crippen LogP contribution is -2.24. The van der Waals surface area contributed by atoms with Crippen LogP contribution in [0.25, 0.3) is 0 Å². The van der Waals surface area contributed by atoms with Crippen LogP contribution in [0.4, 0.5) is 0 Å². The van der Waals surface area contributed by atoms with Gasteiger partial charge in [-0.3, -0.25) is 0 Å². The number of rotatable bonds is 5. The van der Waals surface area contributed by atoms with Gasteiger partial charge in [-0.15, -0.1) is 22.9 Å². The normalized spacial score (nSPS) is 18.1. The van der Waals surface area contributed by atoms with Crippen LogP contribution in [0.15, 0.2) is 0 Å². The third kappa shape index (κ3) is 3.16. The molecule has 0 spiro atoms. The zero-order valence-corrected chi connectivity index (χ0v) is 10.8. The maximum atomic E-state index is 6.20. The van der Waals surface area contributed by atoms with Crippen molar-refractivity contribution >= 4 is 22.9 Å². The lowest BCUT2D eigenvalue weighted by Gasteiger charge is -2.07. The van der Waals surface area contributed by atoms with Gasteiger partial charge < -0.3 is 5.32 Å². The summed E-state index contributed by atoms with van der Waals surface area (Å²) in [4.78, 5) is 5.80. The van der Waals surface area contributed by atoms with E-state index in [9.17, 15) is 0 Å². The lowest BCUT2D eigenvalue weighted by molar-refractivity contribution is 0.618. The highest BCUT2D eigenvalue weighted by Crippen LogP contribution is 2.35. The number of halogens is 1. The summed E-state index contributed by atoms with van der Waals surface area (Å²) in [5.41, 5.74) is 1.15. The first-order valence-corrected chi connectivity index (χ1v) is 6.70. The minimum Gasteiger partial charge on any atom is -0.309 e. The Morgan fingerprint density at radius 2 is 2.27 bits per heavy atom. The highest BCUT2D eigenvalue weighted by molar-refractivity contribution is 7.11. The van der Waals surface area contributed by atoms with Gasteiger partial charge in [-0.05, 0) is 32.6 Å². The van der Waals surface area contributed by atoms with E-state index in [1.807, 2.05) is 0 Å². The summed E-state index contributed by atoms with van der Waals surface area (Å²) >= 11 is 7.97. The fourth-order valence-corrected chi connectivity index (χ4v) is 2.82. The maximum absolute atomic E-state index is 6.20. The van der Waals surface area contributed by atoms with Gasteiger partial charge in [0, 0.05) is 23.3 Å². The Morgan fingerprint density at radius 3 is 2.80 bits per heavy atom. The topological polar surface area (TPSA) is 24.9 Å². The molecule has 1 N–H and O–H groups in total. The largest absolute Gasteiger partial charge is 0.309 e. The monoisotopic (exact) mass is 244 g/mol. The van der Waals surface area contributed by atoms with E-state index in [4.69, 9.17) is 11.6 Å². The Hall–Kier alpha value is -0.120. The summed E-state index contributed by atoms with van der Waals surface area (Å²) < 4.78 is 0. The van der Waals surface area contributed by atoms with Crippen molar-refractivity contribution in [2.24, 2.45) is 5.92 Å². The molecule has 1 fully saturated rings. The van der Waals surface area contributed by atoms with Gasteiger partial charge in [0.2, 0.25) is 0 Å². The summed E-state index contributed by atoms with van der Waals surface area (Å²) in [5.74, 6) is 0.763. The molecule has 0 aromatic carbocycles. The molecule has 1 aliphatic rings. The summed E-state index contributed by atoms with van der Waals surface area (Å²) in [6, 6.07) is 0. The van der Waals surface area contributed by atoms with Gasteiger partial charge in [-0.25, -0.2) is 4.98 Å². The maximum Gasteiger partial charge on any atom is 0.107 e. The average molecular weight is 245 g/mol. The standard InChI is InChI=1S/C11H17ClN2S/c1-7-8(2)15-11(14-7)6-13-5-10(12)9-3-4-9/h9-10,13H,3-6H2,1-2H3. The van der Waals surface area contributed by atoms with Crippen LogP contribution in [-0.2, 0) is 6.54 Å². The van der Waals surface area contributed by atoms with Crippen LogP contribution < -0.4 is 5.32 Å². The molecule has 0 aliphatic heterocycles. The number of alkyl halides is 1. The third-order valence-electron chi connectivity index (χ3n) is 2.82. The van der Waals surface area contributed by atoms with Gasteiger partial charge in [-0.2, -0.15) is 0 Å². The Balaban J connectivity index is 1.73. The van der Waals surface area contributed by atoms with E-state index in [0.717, 1.165) is 24.7 Å². The summed E-state index contributed by atoms with van der Waals surface area (Å²) in [7, 11) is 0. The molecule has 1 atom stereocenters. The molecule has 1 aliphatic carbocycles. The number of aryl methyl sites for hydroxylation is 2. The van der Waals surface area contributed by atoms with Gasteiger partial charge in [0.1, 0.15) is 5.01 Å². The summed E-state index contributed by atoms with van der Waals surface area (Å²) in [5, 5.41) is 4.86. The zero-order valence-electron chi connectivity index (χ0n) is 9.22. The van der Waals surface area contributed by atoms with Crippen molar-refractivity contribution < 1.29 is 0 Å². The van der Waals surface area contributed by atoms with Crippen LogP contribution >= 0.6 is 22.9 Å². The molecule has 0 bridgehead atoms. The highest BCUT2D eigenvalue weighted by Gasteiger charge is 2.29. The average Bonchev–Trinajstić information content (AvgIpc) is 2.96. The van der Waals surface area contributed by atoms with E-state index in [1.165, 1.54) is 22.7 Å². The minimum absolute atomic E-state index is 0.312. The van der Waals surface area contributed by atoms with E-state index in [0.29, 0.717) is 5.38 Å². The van der Waals surface area contributed by atoms with Crippen LogP contribution in [0.5, 0.6) is 0 Å². The Bertz CT molecular complexity index is 314. The third-order valence-corrected chi connectivity index (χ3v) is 4.41. The lowest BCUT2D eigenvalue weighted by atomic mass is 10.3. The van der Waals surface area contributed by atoms with Gasteiger partial charge in [0.05, 0.1) is 5.69 Å². The number of nitrogens with zero attached hydrogens (tertiary/aromatic N) is 1. The number of thiazole rings is 1. The van der Waals surface area contributed by atoms with Crippen molar-refractivity contribution in [1.82, 2.24) is 10.3 Å². The van der Waals surface area contributed by atoms with E-state index in [2.05, 4.69) is 24.1 Å². The molecule has 1 aromatic rings. The second-order valence-corrected chi connectivity index (χ2v) is 6.08. The predicted octanol–water partition coefficient (Wildman–Crippen LogP) is 2.87. The molecule has 1 aromatic heterocycles. The molecule has 1 heterocycles. The van der Waals surface area contributed by atoms with Crippen LogP contribution in [0.1, 0.15) is 28.4 Å². The van der Waals surface area contributed by atoms with Crippen molar-refractivity contribution in [3.8, 4) is 0 Å². The SMILES string of the molecule is Cc1nc(CNCC(Cl)C2CC2)sc1C. The summed E-state index contributed by atoms with van der Waals surface area (Å²) in [6.45, 7) is 5.94. The van der Waals surface area contributed by atoms with Crippen molar-refractivity contribution in [3.63, 3.8) is 0 Å². The molecular weight excluding hydrogens is 228 g/mol. The van der Waals surface area contributed by atoms with Crippen LogP contribution in [0.2, 0.25) is 0 Å². The molecule has 4 heteroatoms. The van der Waals surface area contributed by atoms with Crippen molar-refractivity contribution in [3.05, 3.63) is 15.6 Å². The van der Waals surface area contributed by atoms with Crippen LogP contribution in [0, 0.1) is 19.8 Å². The van der Waals surface area contributed by atoms with Gasteiger partial charge in [-0.1, -0.05) is 0 Å². The van der Waals surface area contributed by atoms with Crippen molar-refractivity contribution in [2.75, 3.05) is 6.54 Å². The number of hydrogen-bond acceptors (Lipinski definition) is 3. The number of aromatic nitrogens is 1. The van der Waals surface area contributed by atoms with Gasteiger partial charge in [0.15, 0.2) is 0 Å². The predicted molar refractivity (Wildman–Crippen MR) is 65.7 cm³/mol. The summed E-state index contributed by atoms with van der Waals surface area (Å²) in [6.07, 6.45) is 2.62. The first kappa shape index (κ1) is 11.4. The van der Waals surface area contributed by atoms with Gasteiger partial charge >= 0.3 is 0 Å². The van der Waals surface area contributed by atoms with E-state index in [-0.39, 0.29) is 0 Å². The van der Waals surface area contributed by atoms with E-state index < -0.39 is 0 Å². The first-order chi connectivity index (χ1) is 7.16. The fraction of sp³-hybridized carbons (Fsp3) is 0.727. The molecule has 0 amide bonds. The molecular formula is C11H17ClN2S. The zero-order chi connectivity index (χ0) is 10.8. The van der Waals surface area contributed by atoms with Crippen LogP contribution in [0.3, 0.4) is 0 Å². The molecule has 2 nitrogen and oxygen atoms in total. The Labute approximate surface area is 100 Å². The van der Waals surface area contributed by atoms with Crippen LogP contribution in [-0.4, -0.2) is 16.9 Å². The molecule has 0 radical (unpaired) electrons. The van der Waals surface area contributed by atoms with Crippen molar-refractivity contribution in [2.45, 2.75) is 38.6 Å². The molecule has 0 saturated heterocycles. The molecule has 15 heavy (non-hydrogen) atoms. The number of hydrogen-bond donors (Lipinski definition) is 1. The number of nitrogens with one attached hydrogen (secondary N) is 1. The highest BCUT2D eigenvalue weighted by atomic mass is 35.5. The molecule has 84 valence electrons. The molecule has 2 rings (SSSR count). The fourth-order valence-electron chi connectivity index (χ4n) is 1.56. The molecule has 1 saturated carbocycles. The second-order valence-electron chi connectivity index (χ2n) is 4.23. The molecule has 1 unspecified atom stereocenters. The van der Waals surface area contributed by atoms with E-state index >= 15 is 0 Å². The van der Waals surface area contributed by atoms with Gasteiger partial charge in [0.25, 0.3) is 0 Å². The minimum atomic E-state index is 0.312. The Morgan fingerprint density at radius 1 is 1.53 bits per heavy atom. The first-order valence-electron chi connectivity index (χ1n) is 5.44. The van der Waals surface area contributed by atoms with Crippen molar-refractivity contribution in [1.29, 1.82) is 0 Å². The van der Waals surface area contributed by atoms with E-state index in [1.54, 1.807) is 11.3 Å². The smallest absolute Gasteiger partial charge is 0.107 e. The Kier molecular flexibility index (Phi) is 3.65.